The third-order valence-electron chi connectivity index (χ3n) is 5.96. The first-order valence-electron chi connectivity index (χ1n) is 10.3. The lowest BCUT2D eigenvalue weighted by Crippen LogP contribution is -2.28. The summed E-state index contributed by atoms with van der Waals surface area (Å²) in [5, 5.41) is 17.2. The van der Waals surface area contributed by atoms with Crippen molar-refractivity contribution in [2.75, 3.05) is 36.5 Å². The normalized spacial score (nSPS) is 24.4. The van der Waals surface area contributed by atoms with Crippen molar-refractivity contribution in [1.82, 2.24) is 19.5 Å². The molecule has 10 heteroatoms. The minimum absolute atomic E-state index is 0.0480. The van der Waals surface area contributed by atoms with Crippen molar-refractivity contribution in [2.24, 2.45) is 0 Å². The maximum atomic E-state index is 14.4. The molecule has 2 aliphatic rings. The topological polar surface area (TPSA) is 68.9 Å². The number of anilines is 2. The zero-order chi connectivity index (χ0) is 21.5. The van der Waals surface area contributed by atoms with Gasteiger partial charge in [0.15, 0.2) is 5.65 Å². The third kappa shape index (κ3) is 3.92. The largest absolute Gasteiger partial charge is 0.392 e. The van der Waals surface area contributed by atoms with Gasteiger partial charge in [0.1, 0.15) is 29.3 Å². The number of nitrogens with zero attached hydrogens (tertiary/aromatic N) is 5. The van der Waals surface area contributed by atoms with Gasteiger partial charge in [-0.3, -0.25) is 4.90 Å². The van der Waals surface area contributed by atoms with Gasteiger partial charge in [-0.05, 0) is 30.7 Å². The lowest BCUT2D eigenvalue weighted by molar-refractivity contribution is 0.178. The van der Waals surface area contributed by atoms with Crippen molar-refractivity contribution in [3.05, 3.63) is 53.9 Å². The molecule has 2 fully saturated rings. The predicted octanol–water partition coefficient (Wildman–Crippen LogP) is 2.73. The second-order valence-electron chi connectivity index (χ2n) is 8.13. The summed E-state index contributed by atoms with van der Waals surface area (Å²) < 4.78 is 44.1. The highest BCUT2D eigenvalue weighted by molar-refractivity contribution is 5.68. The summed E-state index contributed by atoms with van der Waals surface area (Å²) in [6, 6.07) is 4.30. The lowest BCUT2D eigenvalue weighted by Gasteiger charge is -2.26. The third-order valence-corrected chi connectivity index (χ3v) is 5.96. The molecule has 2 aromatic heterocycles. The fourth-order valence-corrected chi connectivity index (χ4v) is 4.40. The van der Waals surface area contributed by atoms with Gasteiger partial charge in [-0.2, -0.15) is 5.10 Å². The van der Waals surface area contributed by atoms with Crippen molar-refractivity contribution in [3.63, 3.8) is 0 Å². The molecule has 7 nitrogen and oxygen atoms in total. The van der Waals surface area contributed by atoms with Gasteiger partial charge < -0.3 is 15.3 Å². The van der Waals surface area contributed by atoms with Gasteiger partial charge >= 0.3 is 0 Å². The summed E-state index contributed by atoms with van der Waals surface area (Å²) in [5.74, 6) is -0.649. The molecule has 0 bridgehead atoms. The Morgan fingerprint density at radius 1 is 1.19 bits per heavy atom. The van der Waals surface area contributed by atoms with E-state index in [1.165, 1.54) is 0 Å². The number of nitrogens with one attached hydrogen (secondary N) is 1. The second kappa shape index (κ2) is 8.01. The van der Waals surface area contributed by atoms with E-state index < -0.39 is 23.8 Å². The molecular weight excluding hydrogens is 409 g/mol. The van der Waals surface area contributed by atoms with E-state index >= 15 is 0 Å². The van der Waals surface area contributed by atoms with Crippen LogP contribution in [0.2, 0.25) is 0 Å². The average molecular weight is 432 g/mol. The van der Waals surface area contributed by atoms with Crippen LogP contribution in [-0.2, 0) is 0 Å². The first-order valence-corrected chi connectivity index (χ1v) is 10.3. The van der Waals surface area contributed by atoms with Crippen LogP contribution in [0.4, 0.5) is 24.7 Å². The molecule has 1 aromatic carbocycles. The number of benzene rings is 1. The fraction of sp³-hybridized carbons (Fsp3) is 0.429. The maximum Gasteiger partial charge on any atom is 0.180 e. The highest BCUT2D eigenvalue weighted by atomic mass is 19.1. The van der Waals surface area contributed by atoms with E-state index in [2.05, 4.69) is 20.3 Å². The van der Waals surface area contributed by atoms with Crippen molar-refractivity contribution in [2.45, 2.75) is 31.2 Å². The second-order valence-corrected chi connectivity index (χ2v) is 8.13. The molecule has 0 spiro atoms. The molecule has 0 amide bonds. The Kier molecular flexibility index (Phi) is 5.19. The average Bonchev–Trinajstić information content (AvgIpc) is 3.46. The van der Waals surface area contributed by atoms with Crippen LogP contribution in [0.15, 0.2) is 36.7 Å². The van der Waals surface area contributed by atoms with Crippen LogP contribution in [0.25, 0.3) is 5.65 Å². The van der Waals surface area contributed by atoms with Gasteiger partial charge in [-0.25, -0.2) is 22.7 Å². The Morgan fingerprint density at radius 2 is 2.06 bits per heavy atom. The van der Waals surface area contributed by atoms with E-state index in [4.69, 9.17) is 0 Å². The number of rotatable bonds is 5. The van der Waals surface area contributed by atoms with Gasteiger partial charge in [0.05, 0.1) is 31.6 Å². The molecule has 164 valence electrons. The Balaban J connectivity index is 1.42. The fourth-order valence-electron chi connectivity index (χ4n) is 4.40. The number of aromatic nitrogens is 3. The molecule has 4 heterocycles. The first kappa shape index (κ1) is 20.1. The van der Waals surface area contributed by atoms with Crippen LogP contribution >= 0.6 is 0 Å². The summed E-state index contributed by atoms with van der Waals surface area (Å²) in [4.78, 5) is 8.42. The molecule has 0 aliphatic carbocycles. The number of halogens is 3. The molecule has 0 radical (unpaired) electrons. The number of hydrogen-bond acceptors (Lipinski definition) is 6. The maximum absolute atomic E-state index is 14.4. The molecule has 0 unspecified atom stereocenters. The molecule has 5 rings (SSSR count). The summed E-state index contributed by atoms with van der Waals surface area (Å²) in [5.41, 5.74) is 1.38. The summed E-state index contributed by atoms with van der Waals surface area (Å²) >= 11 is 0. The Hall–Kier alpha value is -2.85. The van der Waals surface area contributed by atoms with E-state index in [9.17, 15) is 18.3 Å². The number of hydrogen-bond donors (Lipinski definition) is 2. The van der Waals surface area contributed by atoms with Gasteiger partial charge in [-0.1, -0.05) is 0 Å². The molecular formula is C21H23F3N6O. The van der Waals surface area contributed by atoms with Gasteiger partial charge in [0.2, 0.25) is 0 Å². The molecule has 31 heavy (non-hydrogen) atoms. The quantitative estimate of drug-likeness (QED) is 0.646. The number of aliphatic hydroxyl groups excluding tert-OH is 1. The zero-order valence-corrected chi connectivity index (χ0v) is 16.8. The van der Waals surface area contributed by atoms with Crippen LogP contribution < -0.4 is 10.2 Å². The number of likely N-dealkylation sites (tertiary alicyclic amines) is 1. The Bertz CT molecular complexity index is 1090. The van der Waals surface area contributed by atoms with Crippen LogP contribution in [0.5, 0.6) is 0 Å². The van der Waals surface area contributed by atoms with Crippen molar-refractivity contribution in [3.8, 4) is 0 Å². The highest BCUT2D eigenvalue weighted by Crippen LogP contribution is 2.38. The minimum Gasteiger partial charge on any atom is -0.392 e. The predicted molar refractivity (Wildman–Crippen MR) is 110 cm³/mol. The summed E-state index contributed by atoms with van der Waals surface area (Å²) in [6.45, 7) is 2.00. The van der Waals surface area contributed by atoms with E-state index in [0.29, 0.717) is 30.4 Å². The lowest BCUT2D eigenvalue weighted by atomic mass is 10.0. The number of alkyl halides is 1. The van der Waals surface area contributed by atoms with Gasteiger partial charge in [-0.15, -0.1) is 0 Å². The Morgan fingerprint density at radius 3 is 2.87 bits per heavy atom. The molecule has 3 aromatic rings. The standard InChI is InChI=1S/C21H23F3N6O/c22-13-1-2-17(24)16(7-13)19-8-14(23)10-29(19)20-4-6-30-21(27-20)18(9-26-30)25-12-28-5-3-15(31)11-28/h1-2,4,6-7,9,14-15,19,25,31H,3,5,8,10-12H2/t14-,15-,19+/m0/s1. The minimum atomic E-state index is -1.17. The molecule has 2 aliphatic heterocycles. The van der Waals surface area contributed by atoms with E-state index in [-0.39, 0.29) is 24.6 Å². The first-order chi connectivity index (χ1) is 15.0. The van der Waals surface area contributed by atoms with Crippen LogP contribution in [0.1, 0.15) is 24.4 Å². The van der Waals surface area contributed by atoms with Gasteiger partial charge in [0.25, 0.3) is 0 Å². The van der Waals surface area contributed by atoms with Crippen molar-refractivity contribution >= 4 is 17.2 Å². The molecule has 2 N–H and O–H groups in total. The van der Waals surface area contributed by atoms with Crippen LogP contribution in [0.3, 0.4) is 0 Å². The molecule has 3 atom stereocenters. The number of aliphatic hydroxyl groups is 1. The van der Waals surface area contributed by atoms with Crippen LogP contribution in [0, 0.1) is 11.6 Å². The Labute approximate surface area is 177 Å². The molecule has 2 saturated heterocycles. The van der Waals surface area contributed by atoms with Crippen LogP contribution in [-0.4, -0.2) is 63.2 Å². The summed E-state index contributed by atoms with van der Waals surface area (Å²) in [7, 11) is 0. The van der Waals surface area contributed by atoms with Crippen molar-refractivity contribution < 1.29 is 18.3 Å². The molecule has 0 saturated carbocycles. The highest BCUT2D eigenvalue weighted by Gasteiger charge is 2.36. The van der Waals surface area contributed by atoms with Crippen molar-refractivity contribution in [1.29, 1.82) is 0 Å². The smallest absolute Gasteiger partial charge is 0.180 e. The zero-order valence-electron chi connectivity index (χ0n) is 16.8. The van der Waals surface area contributed by atoms with Gasteiger partial charge in [0, 0.05) is 31.3 Å². The van der Waals surface area contributed by atoms with E-state index in [1.54, 1.807) is 27.9 Å². The number of fused-ring (bicyclic) bond motifs is 1. The summed E-state index contributed by atoms with van der Waals surface area (Å²) in [6.07, 6.45) is 2.71. The van der Waals surface area contributed by atoms with E-state index in [1.807, 2.05) is 0 Å². The monoisotopic (exact) mass is 432 g/mol. The number of β-amino-alcohol motifs (C(OH)–C–C–N with tert-alkyl or cyclic N) is 1. The SMILES string of the molecule is O[C@H]1CCN(CNc2cnn3ccc(N4C[C@@H](F)C[C@@H]4c4cc(F)ccc4F)nc23)C1. The van der Waals surface area contributed by atoms with E-state index in [0.717, 1.165) is 31.2 Å².